The third-order valence-electron chi connectivity index (χ3n) is 3.85. The van der Waals surface area contributed by atoms with E-state index in [0.717, 1.165) is 0 Å². The van der Waals surface area contributed by atoms with Gasteiger partial charge in [-0.2, -0.15) is 0 Å². The van der Waals surface area contributed by atoms with Gasteiger partial charge < -0.3 is 14.6 Å². The number of hydrogen-bond acceptors (Lipinski definition) is 5. The summed E-state index contributed by atoms with van der Waals surface area (Å²) in [5, 5.41) is 11.2. The predicted octanol–water partition coefficient (Wildman–Crippen LogP) is 4.54. The highest BCUT2D eigenvalue weighted by molar-refractivity contribution is 7.99. The number of thioether (sulfide) groups is 1. The van der Waals surface area contributed by atoms with Gasteiger partial charge in [-0.25, -0.2) is 8.78 Å². The number of ether oxygens (including phenoxy) is 1. The van der Waals surface area contributed by atoms with E-state index in [2.05, 4.69) is 15.5 Å². The zero-order chi connectivity index (χ0) is 20.8. The molecule has 0 aliphatic carbocycles. The van der Waals surface area contributed by atoms with Crippen LogP contribution in [0.15, 0.2) is 47.6 Å². The first-order valence-corrected chi connectivity index (χ1v) is 10.0. The summed E-state index contributed by atoms with van der Waals surface area (Å²) in [6, 6.07) is 10.0. The Balaban J connectivity index is 1.59. The Labute approximate surface area is 175 Å². The van der Waals surface area contributed by atoms with Gasteiger partial charge in [0, 0.05) is 12.6 Å². The number of nitrogens with one attached hydrogen (secondary N) is 1. The molecule has 0 atom stereocenters. The molecule has 0 spiro atoms. The fourth-order valence-electron chi connectivity index (χ4n) is 2.44. The molecule has 3 aromatic rings. The molecule has 29 heavy (non-hydrogen) atoms. The van der Waals surface area contributed by atoms with Crippen molar-refractivity contribution in [2.75, 3.05) is 11.1 Å². The van der Waals surface area contributed by atoms with Crippen LogP contribution in [0.2, 0.25) is 5.02 Å². The van der Waals surface area contributed by atoms with Crippen molar-refractivity contribution in [3.63, 3.8) is 0 Å². The molecule has 6 nitrogen and oxygen atoms in total. The first-order valence-electron chi connectivity index (χ1n) is 8.65. The van der Waals surface area contributed by atoms with E-state index in [-0.39, 0.29) is 29.0 Å². The van der Waals surface area contributed by atoms with Crippen molar-refractivity contribution in [2.45, 2.75) is 25.2 Å². The summed E-state index contributed by atoms with van der Waals surface area (Å²) >= 11 is 6.92. The number of benzene rings is 2. The number of carbonyl (C=O) groups is 1. The maximum atomic E-state index is 13.6. The highest BCUT2D eigenvalue weighted by atomic mass is 35.5. The number of carbonyl (C=O) groups excluding carboxylic acids is 1. The molecule has 0 fully saturated rings. The lowest BCUT2D eigenvalue weighted by Crippen LogP contribution is -2.15. The van der Waals surface area contributed by atoms with Crippen molar-refractivity contribution < 1.29 is 18.3 Å². The Morgan fingerprint density at radius 2 is 2.00 bits per heavy atom. The number of halogens is 3. The summed E-state index contributed by atoms with van der Waals surface area (Å²) in [7, 11) is 0. The molecule has 0 saturated heterocycles. The van der Waals surface area contributed by atoms with Gasteiger partial charge in [-0.3, -0.25) is 4.79 Å². The van der Waals surface area contributed by atoms with Gasteiger partial charge in [0.05, 0.1) is 16.5 Å². The zero-order valence-electron chi connectivity index (χ0n) is 15.4. The normalized spacial score (nSPS) is 10.8. The Kier molecular flexibility index (Phi) is 7.05. The molecule has 0 bridgehead atoms. The van der Waals surface area contributed by atoms with Crippen LogP contribution in [-0.4, -0.2) is 26.4 Å². The Morgan fingerprint density at radius 3 is 2.72 bits per heavy atom. The summed E-state index contributed by atoms with van der Waals surface area (Å²) in [5.41, 5.74) is 0.127. The predicted molar refractivity (Wildman–Crippen MR) is 107 cm³/mol. The van der Waals surface area contributed by atoms with Crippen molar-refractivity contribution in [2.24, 2.45) is 0 Å². The summed E-state index contributed by atoms with van der Waals surface area (Å²) in [5.74, 6) is -0.387. The maximum Gasteiger partial charge on any atom is 0.234 e. The van der Waals surface area contributed by atoms with Crippen molar-refractivity contribution in [3.05, 3.63) is 64.9 Å². The third kappa shape index (κ3) is 5.45. The minimum atomic E-state index is -0.525. The lowest BCUT2D eigenvalue weighted by Gasteiger charge is -2.09. The molecule has 1 heterocycles. The smallest absolute Gasteiger partial charge is 0.234 e. The van der Waals surface area contributed by atoms with Crippen molar-refractivity contribution in [1.82, 2.24) is 14.8 Å². The van der Waals surface area contributed by atoms with Crippen LogP contribution in [-0.2, 0) is 17.9 Å². The largest absolute Gasteiger partial charge is 0.486 e. The second-order valence-electron chi connectivity index (χ2n) is 5.82. The Morgan fingerprint density at radius 1 is 1.21 bits per heavy atom. The van der Waals surface area contributed by atoms with E-state index in [1.165, 1.54) is 42.1 Å². The molecular formula is C19H17ClF2N4O2S. The van der Waals surface area contributed by atoms with Gasteiger partial charge >= 0.3 is 0 Å². The van der Waals surface area contributed by atoms with E-state index < -0.39 is 11.6 Å². The Bertz CT molecular complexity index is 1020. The standard InChI is InChI=1S/C19H17ClF2N4O2S/c1-2-26-17(10-28-12-7-8-14(21)13(20)9-12)24-25-19(26)29-11-18(27)23-16-6-4-3-5-15(16)22/h3-9H,2,10-11H2,1H3,(H,23,27). The van der Waals surface area contributed by atoms with Crippen LogP contribution < -0.4 is 10.1 Å². The molecule has 0 aliphatic rings. The van der Waals surface area contributed by atoms with E-state index in [0.29, 0.717) is 23.3 Å². The van der Waals surface area contributed by atoms with E-state index in [9.17, 15) is 13.6 Å². The molecule has 1 aromatic heterocycles. The van der Waals surface area contributed by atoms with E-state index >= 15 is 0 Å². The number of hydrogen-bond donors (Lipinski definition) is 1. The first-order chi connectivity index (χ1) is 14.0. The maximum absolute atomic E-state index is 13.6. The number of rotatable bonds is 8. The number of amides is 1. The molecule has 1 amide bonds. The van der Waals surface area contributed by atoms with E-state index in [1.54, 1.807) is 16.7 Å². The lowest BCUT2D eigenvalue weighted by atomic mass is 10.3. The monoisotopic (exact) mass is 438 g/mol. The number of anilines is 1. The van der Waals surface area contributed by atoms with Crippen LogP contribution >= 0.6 is 23.4 Å². The van der Waals surface area contributed by atoms with Crippen LogP contribution in [0, 0.1) is 11.6 Å². The molecule has 2 aromatic carbocycles. The average Bonchev–Trinajstić information content (AvgIpc) is 3.11. The number of para-hydroxylation sites is 1. The number of nitrogens with zero attached hydrogens (tertiary/aromatic N) is 3. The molecule has 3 rings (SSSR count). The second kappa shape index (κ2) is 9.71. The lowest BCUT2D eigenvalue weighted by molar-refractivity contribution is -0.113. The quantitative estimate of drug-likeness (QED) is 0.523. The first kappa shape index (κ1) is 21.1. The SMILES string of the molecule is CCn1c(COc2ccc(F)c(Cl)c2)nnc1SCC(=O)Nc1ccccc1F. The van der Waals surface area contributed by atoms with Crippen molar-refractivity contribution in [1.29, 1.82) is 0 Å². The minimum Gasteiger partial charge on any atom is -0.486 e. The minimum absolute atomic E-state index is 0.0310. The summed E-state index contributed by atoms with van der Waals surface area (Å²) in [6.45, 7) is 2.57. The number of aromatic nitrogens is 3. The fourth-order valence-corrected chi connectivity index (χ4v) is 3.44. The van der Waals surface area contributed by atoms with Crippen molar-refractivity contribution >= 4 is 35.0 Å². The molecule has 152 valence electrons. The van der Waals surface area contributed by atoms with Gasteiger partial charge in [-0.05, 0) is 31.2 Å². The van der Waals surface area contributed by atoms with Gasteiger partial charge in [0.1, 0.15) is 24.0 Å². The van der Waals surface area contributed by atoms with Gasteiger partial charge in [-0.1, -0.05) is 35.5 Å². The highest BCUT2D eigenvalue weighted by Crippen LogP contribution is 2.23. The summed E-state index contributed by atoms with van der Waals surface area (Å²) in [4.78, 5) is 12.1. The van der Waals surface area contributed by atoms with Crippen molar-refractivity contribution in [3.8, 4) is 5.75 Å². The van der Waals surface area contributed by atoms with Gasteiger partial charge in [-0.15, -0.1) is 10.2 Å². The summed E-state index contributed by atoms with van der Waals surface area (Å²) < 4.78 is 34.2. The molecule has 1 N–H and O–H groups in total. The fraction of sp³-hybridized carbons (Fsp3) is 0.211. The molecule has 10 heteroatoms. The molecule has 0 unspecified atom stereocenters. The van der Waals surface area contributed by atoms with Gasteiger partial charge in [0.25, 0.3) is 0 Å². The molecule has 0 aliphatic heterocycles. The van der Waals surface area contributed by atoms with Gasteiger partial charge in [0.15, 0.2) is 11.0 Å². The molecular weight excluding hydrogens is 422 g/mol. The summed E-state index contributed by atoms with van der Waals surface area (Å²) in [6.07, 6.45) is 0. The van der Waals surface area contributed by atoms with Crippen LogP contribution in [0.5, 0.6) is 5.75 Å². The highest BCUT2D eigenvalue weighted by Gasteiger charge is 2.15. The molecule has 0 saturated carbocycles. The molecule has 0 radical (unpaired) electrons. The average molecular weight is 439 g/mol. The third-order valence-corrected chi connectivity index (χ3v) is 5.11. The van der Waals surface area contributed by atoms with E-state index in [1.807, 2.05) is 6.92 Å². The van der Waals surface area contributed by atoms with Crippen LogP contribution in [0.1, 0.15) is 12.7 Å². The second-order valence-corrected chi connectivity index (χ2v) is 7.17. The topological polar surface area (TPSA) is 69.0 Å². The zero-order valence-corrected chi connectivity index (χ0v) is 16.9. The van der Waals surface area contributed by atoms with Crippen LogP contribution in [0.3, 0.4) is 0 Å². The van der Waals surface area contributed by atoms with Crippen LogP contribution in [0.4, 0.5) is 14.5 Å². The van der Waals surface area contributed by atoms with Gasteiger partial charge in [0.2, 0.25) is 5.91 Å². The van der Waals surface area contributed by atoms with Crippen LogP contribution in [0.25, 0.3) is 0 Å². The van der Waals surface area contributed by atoms with E-state index in [4.69, 9.17) is 16.3 Å². The Hall–Kier alpha value is -2.65.